The Bertz CT molecular complexity index is 621. The van der Waals surface area contributed by atoms with Gasteiger partial charge in [0.05, 0.1) is 6.54 Å². The number of likely N-dealkylation sites (tertiary alicyclic amines) is 1. The van der Waals surface area contributed by atoms with Crippen LogP contribution in [0.5, 0.6) is 0 Å². The van der Waals surface area contributed by atoms with E-state index in [1.54, 1.807) is 0 Å². The van der Waals surface area contributed by atoms with Gasteiger partial charge in [0.15, 0.2) is 5.96 Å². The quantitative estimate of drug-likeness (QED) is 0.191. The first-order valence-corrected chi connectivity index (χ1v) is 10.5. The molecule has 3 N–H and O–H groups in total. The highest BCUT2D eigenvalue weighted by molar-refractivity contribution is 14.0. The van der Waals surface area contributed by atoms with Gasteiger partial charge < -0.3 is 25.6 Å². The van der Waals surface area contributed by atoms with E-state index in [2.05, 4.69) is 27.9 Å². The van der Waals surface area contributed by atoms with Crippen LogP contribution in [0.1, 0.15) is 45.1 Å². The van der Waals surface area contributed by atoms with E-state index in [1.165, 1.54) is 0 Å². The maximum Gasteiger partial charge on any atom is 0.321 e. The summed E-state index contributed by atoms with van der Waals surface area (Å²) in [6, 6.07) is 7.88. The highest BCUT2D eigenvalue weighted by Crippen LogP contribution is 2.14. The van der Waals surface area contributed by atoms with E-state index in [4.69, 9.17) is 4.74 Å². The number of amides is 2. The molecule has 1 heterocycles. The molecule has 0 saturated carbocycles. The van der Waals surface area contributed by atoms with Crippen LogP contribution in [0, 0.1) is 0 Å². The summed E-state index contributed by atoms with van der Waals surface area (Å²) in [7, 11) is 0. The topological polar surface area (TPSA) is 78.0 Å². The van der Waals surface area contributed by atoms with Crippen LogP contribution in [0.2, 0.25) is 0 Å². The molecular formula is C21H36IN5O2. The van der Waals surface area contributed by atoms with Crippen molar-refractivity contribution in [1.29, 1.82) is 0 Å². The van der Waals surface area contributed by atoms with Gasteiger partial charge in [-0.3, -0.25) is 0 Å². The third kappa shape index (κ3) is 10.2. The maximum absolute atomic E-state index is 12.2. The molecule has 0 spiro atoms. The van der Waals surface area contributed by atoms with Crippen LogP contribution in [-0.4, -0.2) is 56.3 Å². The van der Waals surface area contributed by atoms with Crippen molar-refractivity contribution in [2.24, 2.45) is 4.99 Å². The van der Waals surface area contributed by atoms with Crippen molar-refractivity contribution in [1.82, 2.24) is 15.5 Å². The fourth-order valence-corrected chi connectivity index (χ4v) is 3.06. The van der Waals surface area contributed by atoms with Crippen LogP contribution in [0.15, 0.2) is 29.3 Å². The second-order valence-electron chi connectivity index (χ2n) is 6.85. The van der Waals surface area contributed by atoms with Crippen LogP contribution in [0.4, 0.5) is 10.5 Å². The highest BCUT2D eigenvalue weighted by Gasteiger charge is 2.17. The van der Waals surface area contributed by atoms with Crippen molar-refractivity contribution in [2.45, 2.75) is 46.1 Å². The van der Waals surface area contributed by atoms with Gasteiger partial charge >= 0.3 is 6.03 Å². The van der Waals surface area contributed by atoms with Gasteiger partial charge in [-0.2, -0.15) is 0 Å². The zero-order chi connectivity index (χ0) is 20.0. The van der Waals surface area contributed by atoms with Crippen LogP contribution < -0.4 is 16.0 Å². The Morgan fingerprint density at radius 1 is 1.17 bits per heavy atom. The lowest BCUT2D eigenvalue weighted by atomic mass is 10.2. The Balaban J connectivity index is 0.00000420. The van der Waals surface area contributed by atoms with E-state index in [-0.39, 0.29) is 30.0 Å². The minimum Gasteiger partial charge on any atom is -0.382 e. The molecule has 0 bridgehead atoms. The number of unbranched alkanes of at least 4 members (excludes halogenated alkanes) is 1. The first kappa shape index (κ1) is 25.5. The lowest BCUT2D eigenvalue weighted by molar-refractivity contribution is 0.143. The van der Waals surface area contributed by atoms with E-state index >= 15 is 0 Å². The third-order valence-electron chi connectivity index (χ3n) is 4.55. The van der Waals surface area contributed by atoms with Crippen molar-refractivity contribution in [3.05, 3.63) is 29.8 Å². The van der Waals surface area contributed by atoms with Crippen LogP contribution >= 0.6 is 24.0 Å². The number of ether oxygens (including phenoxy) is 1. The molecule has 8 heteroatoms. The Morgan fingerprint density at radius 2 is 1.97 bits per heavy atom. The molecule has 29 heavy (non-hydrogen) atoms. The number of nitrogens with one attached hydrogen (secondary N) is 3. The Hall–Kier alpha value is -1.55. The summed E-state index contributed by atoms with van der Waals surface area (Å²) >= 11 is 0. The molecular weight excluding hydrogens is 481 g/mol. The summed E-state index contributed by atoms with van der Waals surface area (Å²) in [6.07, 6.45) is 4.27. The first-order chi connectivity index (χ1) is 13.7. The van der Waals surface area contributed by atoms with Crippen molar-refractivity contribution in [2.75, 3.05) is 44.7 Å². The molecule has 1 aromatic carbocycles. The number of urea groups is 1. The number of anilines is 1. The molecule has 0 radical (unpaired) electrons. The number of hydrogen-bond acceptors (Lipinski definition) is 3. The molecule has 1 aliphatic rings. The number of nitrogens with zero attached hydrogens (tertiary/aromatic N) is 2. The van der Waals surface area contributed by atoms with E-state index in [1.807, 2.05) is 36.1 Å². The second kappa shape index (κ2) is 15.3. The number of halogens is 1. The molecule has 2 rings (SSSR count). The predicted molar refractivity (Wildman–Crippen MR) is 130 cm³/mol. The molecule has 1 saturated heterocycles. The van der Waals surface area contributed by atoms with Gasteiger partial charge in [-0.25, -0.2) is 9.79 Å². The molecule has 1 fully saturated rings. The SMILES string of the molecule is CCNC(=NCc1cccc(NC(=O)N2CCCC2)c1)NCCCCOCC.I. The Labute approximate surface area is 192 Å². The summed E-state index contributed by atoms with van der Waals surface area (Å²) in [4.78, 5) is 18.8. The molecule has 164 valence electrons. The third-order valence-corrected chi connectivity index (χ3v) is 4.55. The molecule has 7 nitrogen and oxygen atoms in total. The van der Waals surface area contributed by atoms with Gasteiger partial charge in [-0.05, 0) is 57.2 Å². The lowest BCUT2D eigenvalue weighted by Crippen LogP contribution is -2.37. The van der Waals surface area contributed by atoms with E-state index < -0.39 is 0 Å². The highest BCUT2D eigenvalue weighted by atomic mass is 127. The number of carbonyl (C=O) groups is 1. The van der Waals surface area contributed by atoms with Crippen molar-refractivity contribution < 1.29 is 9.53 Å². The van der Waals surface area contributed by atoms with E-state index in [0.717, 1.165) is 82.3 Å². The average Bonchev–Trinajstić information content (AvgIpc) is 3.24. The molecule has 1 aromatic rings. The van der Waals surface area contributed by atoms with Gasteiger partial charge in [0.25, 0.3) is 0 Å². The summed E-state index contributed by atoms with van der Waals surface area (Å²) in [5.74, 6) is 0.811. The van der Waals surface area contributed by atoms with Crippen LogP contribution in [0.3, 0.4) is 0 Å². The fourth-order valence-electron chi connectivity index (χ4n) is 3.06. The summed E-state index contributed by atoms with van der Waals surface area (Å²) < 4.78 is 5.36. The van der Waals surface area contributed by atoms with Crippen molar-refractivity contribution >= 4 is 41.7 Å². The molecule has 0 aromatic heterocycles. The molecule has 2 amide bonds. The molecule has 0 unspecified atom stereocenters. The second-order valence-corrected chi connectivity index (χ2v) is 6.85. The number of hydrogen-bond donors (Lipinski definition) is 3. The number of carbonyl (C=O) groups excluding carboxylic acids is 1. The zero-order valence-electron chi connectivity index (χ0n) is 17.7. The Kier molecular flexibility index (Phi) is 13.5. The minimum absolute atomic E-state index is 0. The smallest absolute Gasteiger partial charge is 0.321 e. The van der Waals surface area contributed by atoms with Crippen molar-refractivity contribution in [3.8, 4) is 0 Å². The molecule has 0 aliphatic carbocycles. The van der Waals surface area contributed by atoms with Gasteiger partial charge in [0.1, 0.15) is 0 Å². The minimum atomic E-state index is -0.0137. The normalized spacial score (nSPS) is 13.7. The average molecular weight is 517 g/mol. The van der Waals surface area contributed by atoms with Crippen LogP contribution in [-0.2, 0) is 11.3 Å². The van der Waals surface area contributed by atoms with E-state index in [9.17, 15) is 4.79 Å². The largest absolute Gasteiger partial charge is 0.382 e. The number of aliphatic imine (C=N–C) groups is 1. The number of rotatable bonds is 10. The monoisotopic (exact) mass is 517 g/mol. The van der Waals surface area contributed by atoms with Gasteiger partial charge in [0.2, 0.25) is 0 Å². The first-order valence-electron chi connectivity index (χ1n) is 10.5. The zero-order valence-corrected chi connectivity index (χ0v) is 20.0. The van der Waals surface area contributed by atoms with Gasteiger partial charge in [-0.15, -0.1) is 24.0 Å². The number of benzene rings is 1. The molecule has 1 aliphatic heterocycles. The summed E-state index contributed by atoms with van der Waals surface area (Å²) in [5, 5.41) is 9.62. The standard InChI is InChI=1S/C21H35N5O2.HI/c1-3-22-20(23-12-5-8-15-28-4-2)24-17-18-10-9-11-19(16-18)25-21(27)26-13-6-7-14-26;/h9-11,16H,3-8,12-15,17H2,1-2H3,(H,25,27)(H2,22,23,24);1H. The van der Waals surface area contributed by atoms with E-state index in [0.29, 0.717) is 6.54 Å². The summed E-state index contributed by atoms with van der Waals surface area (Å²) in [5.41, 5.74) is 1.88. The number of guanidine groups is 1. The molecule has 0 atom stereocenters. The maximum atomic E-state index is 12.2. The fraction of sp³-hybridized carbons (Fsp3) is 0.619. The lowest BCUT2D eigenvalue weighted by Gasteiger charge is -2.16. The summed E-state index contributed by atoms with van der Waals surface area (Å²) in [6.45, 7) is 9.58. The van der Waals surface area contributed by atoms with Gasteiger partial charge in [-0.1, -0.05) is 12.1 Å². The predicted octanol–water partition coefficient (Wildman–Crippen LogP) is 3.80. The van der Waals surface area contributed by atoms with Crippen LogP contribution in [0.25, 0.3) is 0 Å². The van der Waals surface area contributed by atoms with Gasteiger partial charge in [0, 0.05) is 45.1 Å². The Morgan fingerprint density at radius 3 is 2.69 bits per heavy atom. The van der Waals surface area contributed by atoms with Crippen molar-refractivity contribution in [3.63, 3.8) is 0 Å².